The lowest BCUT2D eigenvalue weighted by molar-refractivity contribution is 0.138. The van der Waals surface area contributed by atoms with Gasteiger partial charge in [0.25, 0.3) is 0 Å². The summed E-state index contributed by atoms with van der Waals surface area (Å²) in [4.78, 5) is 16.2. The van der Waals surface area contributed by atoms with Crippen LogP contribution in [0.4, 0.5) is 4.79 Å². The molecule has 2 rings (SSSR count). The van der Waals surface area contributed by atoms with Gasteiger partial charge in [-0.25, -0.2) is 4.79 Å². The van der Waals surface area contributed by atoms with E-state index >= 15 is 0 Å². The Labute approximate surface area is 97.5 Å². The van der Waals surface area contributed by atoms with E-state index in [0.29, 0.717) is 5.92 Å². The average molecular weight is 226 g/mol. The minimum Gasteiger partial charge on any atom is -0.384 e. The van der Waals surface area contributed by atoms with Gasteiger partial charge in [-0.15, -0.1) is 0 Å². The molecule has 0 aromatic heterocycles. The van der Waals surface area contributed by atoms with Crippen molar-refractivity contribution in [1.82, 2.24) is 9.80 Å². The first-order chi connectivity index (χ1) is 7.81. The van der Waals surface area contributed by atoms with E-state index < -0.39 is 0 Å². The molecule has 92 valence electrons. The van der Waals surface area contributed by atoms with E-state index in [9.17, 15) is 4.79 Å². The molecular weight excluding hydrogens is 204 g/mol. The van der Waals surface area contributed by atoms with Crippen LogP contribution < -0.4 is 0 Å². The number of piperidine rings is 1. The normalized spacial score (nSPS) is 26.2. The smallest absolute Gasteiger partial charge is 0.320 e. The van der Waals surface area contributed by atoms with Crippen molar-refractivity contribution >= 4 is 6.03 Å². The predicted molar refractivity (Wildman–Crippen MR) is 62.4 cm³/mol. The van der Waals surface area contributed by atoms with E-state index in [4.69, 9.17) is 4.74 Å². The van der Waals surface area contributed by atoms with E-state index in [1.54, 1.807) is 7.11 Å². The molecule has 2 aliphatic heterocycles. The van der Waals surface area contributed by atoms with Crippen LogP contribution in [0.5, 0.6) is 0 Å². The highest BCUT2D eigenvalue weighted by molar-refractivity contribution is 5.74. The first-order valence-electron chi connectivity index (χ1n) is 6.34. The van der Waals surface area contributed by atoms with E-state index in [0.717, 1.165) is 39.2 Å². The number of hydrogen-bond acceptors (Lipinski definition) is 2. The second-order valence-corrected chi connectivity index (χ2v) is 4.89. The predicted octanol–water partition coefficient (Wildman–Crippen LogP) is 1.56. The van der Waals surface area contributed by atoms with Crippen molar-refractivity contribution in [1.29, 1.82) is 0 Å². The fourth-order valence-corrected chi connectivity index (χ4v) is 2.66. The molecule has 2 fully saturated rings. The number of ether oxygens (including phenoxy) is 1. The van der Waals surface area contributed by atoms with Crippen LogP contribution in [0.1, 0.15) is 25.7 Å². The van der Waals surface area contributed by atoms with E-state index in [-0.39, 0.29) is 6.03 Å². The third-order valence-corrected chi connectivity index (χ3v) is 3.59. The van der Waals surface area contributed by atoms with Gasteiger partial charge in [0.2, 0.25) is 0 Å². The Morgan fingerprint density at radius 1 is 1.19 bits per heavy atom. The molecule has 2 amide bonds. The zero-order valence-corrected chi connectivity index (χ0v) is 10.2. The lowest BCUT2D eigenvalue weighted by Gasteiger charge is -2.31. The molecule has 0 aliphatic carbocycles. The van der Waals surface area contributed by atoms with Crippen molar-refractivity contribution in [2.75, 3.05) is 39.9 Å². The van der Waals surface area contributed by atoms with Crippen molar-refractivity contribution in [3.05, 3.63) is 0 Å². The average Bonchev–Trinajstić information content (AvgIpc) is 2.78. The Hall–Kier alpha value is -0.770. The summed E-state index contributed by atoms with van der Waals surface area (Å²) in [5.74, 6) is 0.541. The fourth-order valence-electron chi connectivity index (χ4n) is 2.66. The monoisotopic (exact) mass is 226 g/mol. The molecule has 0 saturated carbocycles. The number of amides is 2. The highest BCUT2D eigenvalue weighted by Crippen LogP contribution is 2.19. The maximum Gasteiger partial charge on any atom is 0.320 e. The van der Waals surface area contributed by atoms with Crippen molar-refractivity contribution in [2.24, 2.45) is 5.92 Å². The standard InChI is InChI=1S/C12H22N2O2/c1-16-10-11-5-8-14(9-11)12(15)13-6-3-2-4-7-13/h11H,2-10H2,1H3. The van der Waals surface area contributed by atoms with Gasteiger partial charge in [-0.05, 0) is 25.7 Å². The van der Waals surface area contributed by atoms with E-state index in [1.807, 2.05) is 9.80 Å². The molecule has 0 spiro atoms. The van der Waals surface area contributed by atoms with Crippen molar-refractivity contribution in [3.8, 4) is 0 Å². The van der Waals surface area contributed by atoms with Gasteiger partial charge in [0.1, 0.15) is 0 Å². The summed E-state index contributed by atoms with van der Waals surface area (Å²) in [6, 6.07) is 0.248. The van der Waals surface area contributed by atoms with Crippen LogP contribution in [0.3, 0.4) is 0 Å². The van der Waals surface area contributed by atoms with Crippen LogP contribution in [0.2, 0.25) is 0 Å². The minimum atomic E-state index is 0.248. The lowest BCUT2D eigenvalue weighted by atomic mass is 10.1. The summed E-state index contributed by atoms with van der Waals surface area (Å²) in [6.45, 7) is 4.46. The Bertz CT molecular complexity index is 239. The van der Waals surface area contributed by atoms with Crippen LogP contribution in [0.15, 0.2) is 0 Å². The summed E-state index contributed by atoms with van der Waals surface area (Å²) in [5.41, 5.74) is 0. The van der Waals surface area contributed by atoms with Gasteiger partial charge in [-0.2, -0.15) is 0 Å². The van der Waals surface area contributed by atoms with Crippen molar-refractivity contribution < 1.29 is 9.53 Å². The first kappa shape index (κ1) is 11.7. The Morgan fingerprint density at radius 3 is 2.62 bits per heavy atom. The molecule has 0 radical (unpaired) electrons. The van der Waals surface area contributed by atoms with Crippen LogP contribution in [-0.2, 0) is 4.74 Å². The third kappa shape index (κ3) is 2.67. The molecule has 0 N–H and O–H groups in total. The van der Waals surface area contributed by atoms with Crippen LogP contribution in [0, 0.1) is 5.92 Å². The van der Waals surface area contributed by atoms with Gasteiger partial charge in [-0.3, -0.25) is 0 Å². The van der Waals surface area contributed by atoms with E-state index in [2.05, 4.69) is 0 Å². The summed E-state index contributed by atoms with van der Waals surface area (Å²) in [7, 11) is 1.73. The summed E-state index contributed by atoms with van der Waals surface area (Å²) in [6.07, 6.45) is 4.70. The lowest BCUT2D eigenvalue weighted by Crippen LogP contribution is -2.44. The molecule has 0 aromatic rings. The number of methoxy groups -OCH3 is 1. The Balaban J connectivity index is 1.81. The van der Waals surface area contributed by atoms with Gasteiger partial charge in [-0.1, -0.05) is 0 Å². The summed E-state index contributed by atoms with van der Waals surface area (Å²) < 4.78 is 5.15. The SMILES string of the molecule is COCC1CCN(C(=O)N2CCCCC2)C1. The van der Waals surface area contributed by atoms with Crippen LogP contribution >= 0.6 is 0 Å². The number of hydrogen-bond donors (Lipinski definition) is 0. The number of urea groups is 1. The van der Waals surface area contributed by atoms with Crippen molar-refractivity contribution in [3.63, 3.8) is 0 Å². The molecule has 4 nitrogen and oxygen atoms in total. The molecule has 2 aliphatic rings. The van der Waals surface area contributed by atoms with Crippen LogP contribution in [0.25, 0.3) is 0 Å². The molecule has 4 heteroatoms. The topological polar surface area (TPSA) is 32.8 Å². The number of nitrogens with zero attached hydrogens (tertiary/aromatic N) is 2. The quantitative estimate of drug-likeness (QED) is 0.716. The largest absolute Gasteiger partial charge is 0.384 e. The third-order valence-electron chi connectivity index (χ3n) is 3.59. The zero-order chi connectivity index (χ0) is 11.4. The fraction of sp³-hybridized carbons (Fsp3) is 0.917. The zero-order valence-electron chi connectivity index (χ0n) is 10.2. The van der Waals surface area contributed by atoms with Gasteiger partial charge in [0.15, 0.2) is 0 Å². The summed E-state index contributed by atoms with van der Waals surface area (Å²) >= 11 is 0. The molecular formula is C12H22N2O2. The molecule has 0 bridgehead atoms. The second-order valence-electron chi connectivity index (χ2n) is 4.89. The number of rotatable bonds is 2. The highest BCUT2D eigenvalue weighted by Gasteiger charge is 2.29. The second kappa shape index (κ2) is 5.53. The molecule has 2 heterocycles. The van der Waals surface area contributed by atoms with Gasteiger partial charge < -0.3 is 14.5 Å². The summed E-state index contributed by atoms with van der Waals surface area (Å²) in [5, 5.41) is 0. The molecule has 1 unspecified atom stereocenters. The van der Waals surface area contributed by atoms with Crippen molar-refractivity contribution in [2.45, 2.75) is 25.7 Å². The Morgan fingerprint density at radius 2 is 1.94 bits per heavy atom. The number of carbonyl (C=O) groups is 1. The minimum absolute atomic E-state index is 0.248. The van der Waals surface area contributed by atoms with Crippen LogP contribution in [-0.4, -0.2) is 55.7 Å². The van der Waals surface area contributed by atoms with Gasteiger partial charge in [0, 0.05) is 39.2 Å². The molecule has 16 heavy (non-hydrogen) atoms. The Kier molecular flexibility index (Phi) is 4.04. The number of carbonyl (C=O) groups excluding carboxylic acids is 1. The first-order valence-corrected chi connectivity index (χ1v) is 6.34. The maximum atomic E-state index is 12.2. The van der Waals surface area contributed by atoms with Gasteiger partial charge in [0.05, 0.1) is 6.61 Å². The van der Waals surface area contributed by atoms with E-state index in [1.165, 1.54) is 19.3 Å². The number of likely N-dealkylation sites (tertiary alicyclic amines) is 2. The molecule has 1 atom stereocenters. The molecule has 0 aromatic carbocycles. The van der Waals surface area contributed by atoms with Gasteiger partial charge >= 0.3 is 6.03 Å². The maximum absolute atomic E-state index is 12.2. The molecule has 2 saturated heterocycles. The highest BCUT2D eigenvalue weighted by atomic mass is 16.5.